The van der Waals surface area contributed by atoms with Crippen molar-refractivity contribution < 1.29 is 24.1 Å². The normalized spacial score (nSPS) is 46.7. The summed E-state index contributed by atoms with van der Waals surface area (Å²) in [6.07, 6.45) is -1.26. The van der Waals surface area contributed by atoms with Crippen LogP contribution < -0.4 is 0 Å². The van der Waals surface area contributed by atoms with E-state index in [1.54, 1.807) is 7.11 Å². The zero-order valence-electron chi connectivity index (χ0n) is 10.2. The van der Waals surface area contributed by atoms with Crippen LogP contribution in [0.2, 0.25) is 0 Å². The van der Waals surface area contributed by atoms with E-state index in [1.165, 1.54) is 0 Å². The fraction of sp³-hybridized carbons (Fsp3) is 1.00. The maximum absolute atomic E-state index is 9.84. The lowest BCUT2D eigenvalue weighted by Gasteiger charge is -2.39. The predicted molar refractivity (Wildman–Crippen MR) is 55.8 cm³/mol. The zero-order valence-corrected chi connectivity index (χ0v) is 10.2. The van der Waals surface area contributed by atoms with Crippen LogP contribution in [0.3, 0.4) is 0 Å². The Balaban J connectivity index is 2.19. The molecule has 2 aliphatic heterocycles. The van der Waals surface area contributed by atoms with E-state index in [2.05, 4.69) is 0 Å². The van der Waals surface area contributed by atoms with Crippen molar-refractivity contribution in [2.45, 2.75) is 63.7 Å². The summed E-state index contributed by atoms with van der Waals surface area (Å²) in [5.41, 5.74) is 0. The average molecular weight is 232 g/mol. The fourth-order valence-corrected chi connectivity index (χ4v) is 2.45. The number of aliphatic hydroxyl groups is 1. The van der Waals surface area contributed by atoms with Gasteiger partial charge in [0.1, 0.15) is 18.3 Å². The summed E-state index contributed by atoms with van der Waals surface area (Å²) in [6.45, 7) is 5.64. The summed E-state index contributed by atoms with van der Waals surface area (Å²) >= 11 is 0. The lowest BCUT2D eigenvalue weighted by Crippen LogP contribution is -2.56. The highest BCUT2D eigenvalue weighted by molar-refractivity contribution is 4.96. The Morgan fingerprint density at radius 2 is 1.88 bits per heavy atom. The number of aliphatic hydroxyl groups excluding tert-OH is 1. The Hall–Kier alpha value is -0.200. The monoisotopic (exact) mass is 232 g/mol. The number of hydrogen-bond donors (Lipinski definition) is 1. The van der Waals surface area contributed by atoms with Gasteiger partial charge in [-0.05, 0) is 20.3 Å². The third-order valence-electron chi connectivity index (χ3n) is 3.12. The highest BCUT2D eigenvalue weighted by atomic mass is 16.8. The molecule has 4 unspecified atom stereocenters. The molecule has 0 aliphatic carbocycles. The van der Waals surface area contributed by atoms with Gasteiger partial charge in [-0.25, -0.2) is 0 Å². The lowest BCUT2D eigenvalue weighted by atomic mass is 9.97. The topological polar surface area (TPSA) is 57.2 Å². The Labute approximate surface area is 95.6 Å². The largest absolute Gasteiger partial charge is 0.376 e. The van der Waals surface area contributed by atoms with E-state index in [1.807, 2.05) is 20.8 Å². The van der Waals surface area contributed by atoms with Gasteiger partial charge in [0.25, 0.3) is 0 Å². The van der Waals surface area contributed by atoms with Gasteiger partial charge in [0.2, 0.25) is 0 Å². The van der Waals surface area contributed by atoms with Gasteiger partial charge in [-0.3, -0.25) is 0 Å². The standard InChI is InChI=1S/C11H20O5/c1-5-6-7(13-4)8-9(10(12)14-6)16-11(2,3)15-8/h6-10,12H,5H2,1-4H3/t6-,7?,8?,9?,10?/m0/s1. The molecule has 1 N–H and O–H groups in total. The molecule has 0 radical (unpaired) electrons. The maximum Gasteiger partial charge on any atom is 0.184 e. The Morgan fingerprint density at radius 1 is 1.25 bits per heavy atom. The van der Waals surface area contributed by atoms with Crippen molar-refractivity contribution in [1.82, 2.24) is 0 Å². The van der Waals surface area contributed by atoms with Crippen molar-refractivity contribution in [2.24, 2.45) is 0 Å². The van der Waals surface area contributed by atoms with Crippen LogP contribution in [0.5, 0.6) is 0 Å². The fourth-order valence-electron chi connectivity index (χ4n) is 2.45. The van der Waals surface area contributed by atoms with Crippen molar-refractivity contribution >= 4 is 0 Å². The third-order valence-corrected chi connectivity index (χ3v) is 3.12. The molecule has 94 valence electrons. The first-order valence-electron chi connectivity index (χ1n) is 5.70. The van der Waals surface area contributed by atoms with Gasteiger partial charge in [0, 0.05) is 7.11 Å². The van der Waals surface area contributed by atoms with Gasteiger partial charge >= 0.3 is 0 Å². The second-order valence-corrected chi connectivity index (χ2v) is 4.74. The molecule has 0 amide bonds. The minimum absolute atomic E-state index is 0.154. The maximum atomic E-state index is 9.84. The van der Waals surface area contributed by atoms with Gasteiger partial charge in [0.05, 0.1) is 6.10 Å². The SMILES string of the molecule is CC[C@@H]1OC(O)C2OC(C)(C)OC2C1OC. The van der Waals surface area contributed by atoms with Gasteiger partial charge in [0.15, 0.2) is 12.1 Å². The average Bonchev–Trinajstić information content (AvgIpc) is 2.54. The van der Waals surface area contributed by atoms with E-state index in [0.29, 0.717) is 0 Å². The molecular weight excluding hydrogens is 212 g/mol. The summed E-state index contributed by atoms with van der Waals surface area (Å²) in [5.74, 6) is -0.695. The molecule has 0 aromatic rings. The van der Waals surface area contributed by atoms with Gasteiger partial charge in [-0.2, -0.15) is 0 Å². The van der Waals surface area contributed by atoms with E-state index >= 15 is 0 Å². The number of hydrogen-bond acceptors (Lipinski definition) is 5. The molecule has 0 aromatic heterocycles. The Bertz CT molecular complexity index is 255. The van der Waals surface area contributed by atoms with Crippen molar-refractivity contribution in [3.05, 3.63) is 0 Å². The second-order valence-electron chi connectivity index (χ2n) is 4.74. The minimum Gasteiger partial charge on any atom is -0.376 e. The predicted octanol–water partition coefficient (Wildman–Crippen LogP) is 0.649. The quantitative estimate of drug-likeness (QED) is 0.757. The molecule has 0 saturated carbocycles. The third kappa shape index (κ3) is 1.98. The first kappa shape index (κ1) is 12.3. The van der Waals surface area contributed by atoms with Crippen LogP contribution in [0.25, 0.3) is 0 Å². The first-order valence-corrected chi connectivity index (χ1v) is 5.70. The lowest BCUT2D eigenvalue weighted by molar-refractivity contribution is -0.261. The molecular formula is C11H20O5. The van der Waals surface area contributed by atoms with Gasteiger partial charge in [-0.1, -0.05) is 6.92 Å². The smallest absolute Gasteiger partial charge is 0.184 e. The Morgan fingerprint density at radius 3 is 2.44 bits per heavy atom. The molecule has 2 aliphatic rings. The first-order chi connectivity index (χ1) is 7.48. The van der Waals surface area contributed by atoms with E-state index in [-0.39, 0.29) is 18.3 Å². The highest BCUT2D eigenvalue weighted by Crippen LogP contribution is 2.38. The van der Waals surface area contributed by atoms with E-state index in [9.17, 15) is 5.11 Å². The molecule has 5 nitrogen and oxygen atoms in total. The summed E-state index contributed by atoms with van der Waals surface area (Å²) in [7, 11) is 1.63. The van der Waals surface area contributed by atoms with Crippen LogP contribution in [-0.2, 0) is 18.9 Å². The molecule has 2 fully saturated rings. The number of ether oxygens (including phenoxy) is 4. The number of methoxy groups -OCH3 is 1. The van der Waals surface area contributed by atoms with Crippen LogP contribution in [0.1, 0.15) is 27.2 Å². The van der Waals surface area contributed by atoms with E-state index in [0.717, 1.165) is 6.42 Å². The molecule has 5 heteroatoms. The van der Waals surface area contributed by atoms with Crippen LogP contribution in [0.15, 0.2) is 0 Å². The second kappa shape index (κ2) is 4.23. The summed E-state index contributed by atoms with van der Waals surface area (Å²) in [5, 5.41) is 9.84. The van der Waals surface area contributed by atoms with Crippen molar-refractivity contribution in [1.29, 1.82) is 0 Å². The van der Waals surface area contributed by atoms with Crippen LogP contribution in [0, 0.1) is 0 Å². The van der Waals surface area contributed by atoms with E-state index in [4.69, 9.17) is 18.9 Å². The van der Waals surface area contributed by atoms with Gasteiger partial charge < -0.3 is 24.1 Å². The van der Waals surface area contributed by atoms with Gasteiger partial charge in [-0.15, -0.1) is 0 Å². The molecule has 2 saturated heterocycles. The van der Waals surface area contributed by atoms with Crippen molar-refractivity contribution in [3.63, 3.8) is 0 Å². The molecule has 0 spiro atoms. The summed E-state index contributed by atoms with van der Waals surface area (Å²) in [6, 6.07) is 0. The van der Waals surface area contributed by atoms with Crippen LogP contribution >= 0.6 is 0 Å². The minimum atomic E-state index is -0.942. The number of fused-ring (bicyclic) bond motifs is 1. The summed E-state index contributed by atoms with van der Waals surface area (Å²) < 4.78 is 22.3. The molecule has 0 aromatic carbocycles. The van der Waals surface area contributed by atoms with Crippen LogP contribution in [0.4, 0.5) is 0 Å². The summed E-state index contributed by atoms with van der Waals surface area (Å²) in [4.78, 5) is 0. The molecule has 5 atom stereocenters. The molecule has 2 rings (SSSR count). The van der Waals surface area contributed by atoms with E-state index < -0.39 is 18.2 Å². The highest BCUT2D eigenvalue weighted by Gasteiger charge is 2.54. The molecule has 0 bridgehead atoms. The number of rotatable bonds is 2. The Kier molecular flexibility index (Phi) is 3.25. The van der Waals surface area contributed by atoms with Crippen LogP contribution in [-0.4, -0.2) is 48.7 Å². The van der Waals surface area contributed by atoms with Crippen molar-refractivity contribution in [3.8, 4) is 0 Å². The molecule has 16 heavy (non-hydrogen) atoms. The zero-order chi connectivity index (χ0) is 11.9. The molecule has 2 heterocycles. The van der Waals surface area contributed by atoms with Crippen molar-refractivity contribution in [2.75, 3.05) is 7.11 Å².